The minimum absolute atomic E-state index is 0.0100. The van der Waals surface area contributed by atoms with Crippen molar-refractivity contribution in [1.29, 1.82) is 0 Å². The zero-order chi connectivity index (χ0) is 36.6. The highest BCUT2D eigenvalue weighted by Gasteiger charge is 2.68. The van der Waals surface area contributed by atoms with Gasteiger partial charge in [-0.3, -0.25) is 9.48 Å². The number of rotatable bonds is 7. The number of fused-ring (bicyclic) bond motifs is 4. The van der Waals surface area contributed by atoms with E-state index < -0.39 is 88.9 Å². The van der Waals surface area contributed by atoms with Crippen LogP contribution in [0.4, 0.5) is 35.1 Å². The Morgan fingerprint density at radius 3 is 2.53 bits per heavy atom. The number of nitrogens with zero attached hydrogens (tertiary/aromatic N) is 4. The van der Waals surface area contributed by atoms with Crippen LogP contribution in [0, 0.1) is 35.2 Å². The van der Waals surface area contributed by atoms with Crippen molar-refractivity contribution in [1.82, 2.24) is 30.0 Å². The van der Waals surface area contributed by atoms with E-state index in [2.05, 4.69) is 37.2 Å². The molecule has 51 heavy (non-hydrogen) atoms. The van der Waals surface area contributed by atoms with Crippen molar-refractivity contribution in [2.24, 2.45) is 5.92 Å². The molecule has 5 aromatic rings. The van der Waals surface area contributed by atoms with Crippen LogP contribution in [0.15, 0.2) is 48.8 Å². The smallest absolute Gasteiger partial charge is 0.378 e. The number of aromatic amines is 1. The number of pyridine rings is 2. The molecule has 2 aliphatic rings. The summed E-state index contributed by atoms with van der Waals surface area (Å²) in [5.74, 6) is -4.57. The first-order valence-corrected chi connectivity index (χ1v) is 15.6. The molecule has 0 spiro atoms. The second-order valence-corrected chi connectivity index (χ2v) is 13.1. The number of alkyl halides is 5. The molecule has 1 aromatic carbocycles. The zero-order valence-electron chi connectivity index (χ0n) is 26.6. The summed E-state index contributed by atoms with van der Waals surface area (Å²) in [6.07, 6.45) is -2.96. The SMILES string of the molecule is CC(C)(O)C#Cc1ccc(-c2cnc3[nH]ccc3c2F)c([C@H](Cc2cc(F)cc(F)c2)NC(=O)Cn2nc(C(F)(F)F)c3c2C(F)(F)[C@@H]2C[C@H]32)n1. The van der Waals surface area contributed by atoms with E-state index in [4.69, 9.17) is 0 Å². The first kappa shape index (κ1) is 34.2. The number of hydrogen-bond donors (Lipinski definition) is 3. The topological polar surface area (TPSA) is 109 Å². The summed E-state index contributed by atoms with van der Waals surface area (Å²) >= 11 is 0. The van der Waals surface area contributed by atoms with Crippen molar-refractivity contribution in [2.75, 3.05) is 0 Å². The third-order valence-electron chi connectivity index (χ3n) is 8.75. The third-order valence-corrected chi connectivity index (χ3v) is 8.75. The largest absolute Gasteiger partial charge is 0.435 e. The lowest BCUT2D eigenvalue weighted by Gasteiger charge is -2.23. The number of carbonyl (C=O) groups excluding carboxylic acids is 1. The Kier molecular flexibility index (Phi) is 7.97. The summed E-state index contributed by atoms with van der Waals surface area (Å²) in [6, 6.07) is 5.39. The number of H-pyrrole nitrogens is 1. The monoisotopic (exact) mass is 714 g/mol. The fraction of sp³-hybridized carbons (Fsp3) is 0.314. The molecule has 0 saturated heterocycles. The van der Waals surface area contributed by atoms with Gasteiger partial charge in [-0.05, 0) is 74.4 Å². The van der Waals surface area contributed by atoms with E-state index in [1.165, 1.54) is 44.4 Å². The van der Waals surface area contributed by atoms with E-state index in [1.54, 1.807) is 0 Å². The van der Waals surface area contributed by atoms with Gasteiger partial charge in [0.2, 0.25) is 5.91 Å². The van der Waals surface area contributed by atoms with Crippen LogP contribution in [0.25, 0.3) is 22.2 Å². The second kappa shape index (κ2) is 11.9. The average Bonchev–Trinajstić information content (AvgIpc) is 3.40. The third kappa shape index (κ3) is 6.42. The fourth-order valence-corrected chi connectivity index (χ4v) is 6.57. The highest BCUT2D eigenvalue weighted by molar-refractivity contribution is 5.83. The molecule has 16 heteroatoms. The molecule has 1 fully saturated rings. The number of amides is 1. The van der Waals surface area contributed by atoms with Gasteiger partial charge in [0.25, 0.3) is 5.92 Å². The van der Waals surface area contributed by atoms with E-state index in [-0.39, 0.29) is 45.5 Å². The molecule has 3 N–H and O–H groups in total. The van der Waals surface area contributed by atoms with Gasteiger partial charge in [-0.2, -0.15) is 27.1 Å². The molecule has 4 aromatic heterocycles. The predicted molar refractivity (Wildman–Crippen MR) is 165 cm³/mol. The van der Waals surface area contributed by atoms with Crippen molar-refractivity contribution in [3.05, 3.63) is 100 Å². The maximum atomic E-state index is 15.9. The van der Waals surface area contributed by atoms with Crippen LogP contribution in [0.1, 0.15) is 66.1 Å². The Bertz CT molecular complexity index is 2260. The Morgan fingerprint density at radius 2 is 1.84 bits per heavy atom. The fourth-order valence-electron chi connectivity index (χ4n) is 6.57. The molecule has 4 heterocycles. The lowest BCUT2D eigenvalue weighted by atomic mass is 9.95. The molecule has 2 aliphatic carbocycles. The van der Waals surface area contributed by atoms with Gasteiger partial charge in [0.05, 0.1) is 17.1 Å². The maximum Gasteiger partial charge on any atom is 0.435 e. The summed E-state index contributed by atoms with van der Waals surface area (Å²) in [5.41, 5.74) is -4.53. The molecule has 3 atom stereocenters. The molecule has 0 aliphatic heterocycles. The van der Waals surface area contributed by atoms with Crippen LogP contribution >= 0.6 is 0 Å². The molecule has 0 radical (unpaired) electrons. The van der Waals surface area contributed by atoms with Gasteiger partial charge in [-0.25, -0.2) is 23.1 Å². The quantitative estimate of drug-likeness (QED) is 0.129. The summed E-state index contributed by atoms with van der Waals surface area (Å²) in [7, 11) is 0. The van der Waals surface area contributed by atoms with Crippen LogP contribution in [-0.2, 0) is 29.9 Å². The molecular formula is C35H26F8N6O2. The van der Waals surface area contributed by atoms with Gasteiger partial charge in [-0.1, -0.05) is 5.92 Å². The van der Waals surface area contributed by atoms with Crippen LogP contribution < -0.4 is 5.32 Å². The Morgan fingerprint density at radius 1 is 1.12 bits per heavy atom. The Hall–Kier alpha value is -5.30. The highest BCUT2D eigenvalue weighted by Crippen LogP contribution is 2.68. The molecule has 264 valence electrons. The number of aliphatic hydroxyl groups is 1. The van der Waals surface area contributed by atoms with Crippen molar-refractivity contribution >= 4 is 16.9 Å². The molecule has 8 nitrogen and oxygen atoms in total. The zero-order valence-corrected chi connectivity index (χ0v) is 26.6. The van der Waals surface area contributed by atoms with Crippen LogP contribution in [0.5, 0.6) is 0 Å². The van der Waals surface area contributed by atoms with Crippen molar-refractivity contribution in [2.45, 2.75) is 62.9 Å². The first-order chi connectivity index (χ1) is 23.9. The number of halogens is 8. The van der Waals surface area contributed by atoms with Gasteiger partial charge in [0.15, 0.2) is 5.69 Å². The van der Waals surface area contributed by atoms with Crippen molar-refractivity contribution < 1.29 is 45.0 Å². The molecule has 0 bridgehead atoms. The second-order valence-electron chi connectivity index (χ2n) is 13.1. The summed E-state index contributed by atoms with van der Waals surface area (Å²) in [4.78, 5) is 25.2. The van der Waals surface area contributed by atoms with Crippen molar-refractivity contribution in [3.63, 3.8) is 0 Å². The van der Waals surface area contributed by atoms with Crippen molar-refractivity contribution in [3.8, 4) is 23.0 Å². The van der Waals surface area contributed by atoms with Gasteiger partial charge in [0, 0.05) is 41.1 Å². The van der Waals surface area contributed by atoms with Crippen LogP contribution in [0.3, 0.4) is 0 Å². The lowest BCUT2D eigenvalue weighted by Crippen LogP contribution is -2.35. The normalized spacial score (nSPS) is 18.2. The highest BCUT2D eigenvalue weighted by atomic mass is 19.4. The Labute approximate surface area is 283 Å². The Balaban J connectivity index is 1.34. The number of nitrogens with one attached hydrogen (secondary N) is 2. The molecule has 0 unspecified atom stereocenters. The number of hydrogen-bond acceptors (Lipinski definition) is 5. The van der Waals surface area contributed by atoms with Crippen LogP contribution in [-0.4, -0.2) is 41.3 Å². The van der Waals surface area contributed by atoms with E-state index in [1.807, 2.05) is 0 Å². The van der Waals surface area contributed by atoms with Gasteiger partial charge in [0.1, 0.15) is 46.6 Å². The average molecular weight is 715 g/mol. The maximum absolute atomic E-state index is 15.9. The molecule has 7 rings (SSSR count). The minimum Gasteiger partial charge on any atom is -0.378 e. The van der Waals surface area contributed by atoms with E-state index >= 15 is 13.2 Å². The van der Waals surface area contributed by atoms with E-state index in [9.17, 15) is 31.9 Å². The first-order valence-electron chi connectivity index (χ1n) is 15.6. The minimum atomic E-state index is -5.06. The molecular weight excluding hydrogens is 688 g/mol. The van der Waals surface area contributed by atoms with Gasteiger partial charge in [-0.15, -0.1) is 0 Å². The number of aromatic nitrogens is 5. The number of carbonyl (C=O) groups is 1. The summed E-state index contributed by atoms with van der Waals surface area (Å²) in [5, 5.41) is 16.2. The van der Waals surface area contributed by atoms with E-state index in [0.29, 0.717) is 10.7 Å². The summed E-state index contributed by atoms with van der Waals surface area (Å²) in [6.45, 7) is 1.74. The standard InChI is InChI=1S/C35H26F8N6O2/c1-33(2,51)7-5-19-3-4-20(23-14-45-32-21(28(23)38)6-8-44-32)29(46-19)25(11-16-9-17(36)12-18(37)10-16)47-26(50)15-49-31-27(30(48-49)35(41,42)43)22-13-24(22)34(31,39)40/h3-4,6,8-10,12,14,22,24-25,51H,11,13,15H2,1-2H3,(H,44,45)(H,47,50)/t22-,24+,25-/m0/s1. The summed E-state index contributed by atoms with van der Waals surface area (Å²) < 4.78 is 117. The van der Waals surface area contributed by atoms with E-state index in [0.717, 1.165) is 12.1 Å². The molecule has 1 amide bonds. The van der Waals surface area contributed by atoms with Gasteiger partial charge < -0.3 is 15.4 Å². The molecule has 1 saturated carbocycles. The predicted octanol–water partition coefficient (Wildman–Crippen LogP) is 6.69. The number of benzene rings is 1. The van der Waals surface area contributed by atoms with Crippen LogP contribution in [0.2, 0.25) is 0 Å². The van der Waals surface area contributed by atoms with Gasteiger partial charge >= 0.3 is 6.18 Å². The lowest BCUT2D eigenvalue weighted by molar-refractivity contribution is -0.142.